The molecule has 6 heteroatoms. The molecule has 3 rings (SSSR count). The zero-order chi connectivity index (χ0) is 20.6. The predicted octanol–water partition coefficient (Wildman–Crippen LogP) is 2.80. The molecule has 0 aliphatic carbocycles. The second-order valence-electron chi connectivity index (χ2n) is 7.64. The Bertz CT molecular complexity index is 806. The van der Waals surface area contributed by atoms with Crippen molar-refractivity contribution in [2.75, 3.05) is 25.0 Å². The largest absolute Gasteiger partial charge is 0.366 e. The van der Waals surface area contributed by atoms with Gasteiger partial charge in [0.2, 0.25) is 5.91 Å². The Morgan fingerprint density at radius 3 is 2.48 bits per heavy atom. The van der Waals surface area contributed by atoms with Crippen LogP contribution >= 0.6 is 0 Å². The van der Waals surface area contributed by atoms with Crippen LogP contribution in [-0.2, 0) is 27.4 Å². The van der Waals surface area contributed by atoms with Gasteiger partial charge in [0.05, 0.1) is 6.61 Å². The third-order valence-corrected chi connectivity index (χ3v) is 4.90. The van der Waals surface area contributed by atoms with Crippen molar-refractivity contribution in [3.8, 4) is 0 Å². The summed E-state index contributed by atoms with van der Waals surface area (Å²) < 4.78 is 5.68. The number of nitrogens with zero attached hydrogens (tertiary/aromatic N) is 1. The summed E-state index contributed by atoms with van der Waals surface area (Å²) in [6.45, 7) is 6.91. The lowest BCUT2D eigenvalue weighted by atomic mass is 10.1. The molecular formula is C23H29N3O3. The van der Waals surface area contributed by atoms with Gasteiger partial charge in [-0.25, -0.2) is 0 Å². The number of benzene rings is 2. The lowest BCUT2D eigenvalue weighted by Gasteiger charge is -2.32. The highest BCUT2D eigenvalue weighted by Gasteiger charge is 2.26. The van der Waals surface area contributed by atoms with E-state index in [-0.39, 0.29) is 17.7 Å². The minimum atomic E-state index is -0.461. The summed E-state index contributed by atoms with van der Waals surface area (Å²) >= 11 is 0. The molecule has 1 heterocycles. The molecule has 1 unspecified atom stereocenters. The van der Waals surface area contributed by atoms with Crippen molar-refractivity contribution < 1.29 is 14.3 Å². The monoisotopic (exact) mass is 395 g/mol. The fraction of sp³-hybridized carbons (Fsp3) is 0.391. The smallest absolute Gasteiger partial charge is 0.250 e. The minimum Gasteiger partial charge on any atom is -0.366 e. The highest BCUT2D eigenvalue weighted by atomic mass is 16.5. The van der Waals surface area contributed by atoms with Crippen molar-refractivity contribution in [1.82, 2.24) is 10.2 Å². The first-order valence-electron chi connectivity index (χ1n) is 10.1. The number of ether oxygens (including phenoxy) is 1. The molecule has 0 saturated carbocycles. The molecule has 0 radical (unpaired) electrons. The number of hydrogen-bond donors (Lipinski definition) is 2. The topological polar surface area (TPSA) is 70.7 Å². The van der Waals surface area contributed by atoms with Gasteiger partial charge in [0.15, 0.2) is 0 Å². The highest BCUT2D eigenvalue weighted by Crippen LogP contribution is 2.13. The number of carbonyl (C=O) groups excluding carboxylic acids is 2. The zero-order valence-corrected chi connectivity index (χ0v) is 17.1. The van der Waals surface area contributed by atoms with E-state index < -0.39 is 6.10 Å². The fourth-order valence-corrected chi connectivity index (χ4v) is 3.14. The van der Waals surface area contributed by atoms with Gasteiger partial charge in [-0.2, -0.15) is 0 Å². The standard InChI is InChI=1S/C23H29N3O3/c1-17(2)22(27)25-20-10-8-18(9-11-20)14-24-23(28)21-16-26(12-13-29-21)15-19-6-4-3-5-7-19/h3-11,17,21H,12-16H2,1-2H3,(H,24,28)(H,25,27). The maximum atomic E-state index is 12.5. The molecule has 2 aromatic carbocycles. The Morgan fingerprint density at radius 1 is 1.07 bits per heavy atom. The van der Waals surface area contributed by atoms with E-state index in [0.29, 0.717) is 19.7 Å². The molecule has 29 heavy (non-hydrogen) atoms. The first-order chi connectivity index (χ1) is 14.0. The summed E-state index contributed by atoms with van der Waals surface area (Å²) in [6, 6.07) is 17.7. The Morgan fingerprint density at radius 2 is 1.79 bits per heavy atom. The Hall–Kier alpha value is -2.70. The molecule has 2 N–H and O–H groups in total. The van der Waals surface area contributed by atoms with E-state index in [1.807, 2.05) is 56.3 Å². The molecule has 0 spiro atoms. The average Bonchev–Trinajstić information content (AvgIpc) is 2.74. The molecular weight excluding hydrogens is 366 g/mol. The van der Waals surface area contributed by atoms with Gasteiger partial charge in [-0.05, 0) is 23.3 Å². The maximum Gasteiger partial charge on any atom is 0.250 e. The summed E-state index contributed by atoms with van der Waals surface area (Å²) in [4.78, 5) is 26.5. The number of anilines is 1. The number of rotatable bonds is 7. The van der Waals surface area contributed by atoms with Crippen LogP contribution in [0.15, 0.2) is 54.6 Å². The summed E-state index contributed by atoms with van der Waals surface area (Å²) in [5.41, 5.74) is 2.96. The number of amides is 2. The highest BCUT2D eigenvalue weighted by molar-refractivity contribution is 5.92. The first kappa shape index (κ1) is 21.0. The Labute approximate surface area is 172 Å². The van der Waals surface area contributed by atoms with Crippen molar-refractivity contribution in [2.45, 2.75) is 33.0 Å². The van der Waals surface area contributed by atoms with E-state index >= 15 is 0 Å². The molecule has 2 amide bonds. The number of morpholine rings is 1. The van der Waals surface area contributed by atoms with E-state index in [9.17, 15) is 9.59 Å². The van der Waals surface area contributed by atoms with Crippen LogP contribution in [0, 0.1) is 5.92 Å². The molecule has 0 bridgehead atoms. The molecule has 1 saturated heterocycles. The first-order valence-corrected chi connectivity index (χ1v) is 10.1. The van der Waals surface area contributed by atoms with Gasteiger partial charge in [-0.3, -0.25) is 14.5 Å². The van der Waals surface area contributed by atoms with Gasteiger partial charge >= 0.3 is 0 Å². The summed E-state index contributed by atoms with van der Waals surface area (Å²) in [6.07, 6.45) is -0.461. The van der Waals surface area contributed by atoms with Gasteiger partial charge in [0, 0.05) is 37.8 Å². The van der Waals surface area contributed by atoms with Crippen molar-refractivity contribution in [3.63, 3.8) is 0 Å². The van der Waals surface area contributed by atoms with E-state index in [1.165, 1.54) is 5.56 Å². The summed E-state index contributed by atoms with van der Waals surface area (Å²) in [5, 5.41) is 5.81. The molecule has 1 fully saturated rings. The van der Waals surface area contributed by atoms with Crippen LogP contribution in [0.1, 0.15) is 25.0 Å². The van der Waals surface area contributed by atoms with E-state index in [1.54, 1.807) is 0 Å². The number of carbonyl (C=O) groups is 2. The lowest BCUT2D eigenvalue weighted by Crippen LogP contribution is -2.49. The Kier molecular flexibility index (Phi) is 7.38. The third-order valence-electron chi connectivity index (χ3n) is 4.90. The predicted molar refractivity (Wildman–Crippen MR) is 113 cm³/mol. The normalized spacial score (nSPS) is 17.1. The van der Waals surface area contributed by atoms with E-state index in [0.717, 1.165) is 24.3 Å². The minimum absolute atomic E-state index is 0.0134. The molecule has 154 valence electrons. The molecule has 1 atom stereocenters. The summed E-state index contributed by atoms with van der Waals surface area (Å²) in [7, 11) is 0. The van der Waals surface area contributed by atoms with Crippen LogP contribution in [-0.4, -0.2) is 42.5 Å². The van der Waals surface area contributed by atoms with Gasteiger partial charge in [0.1, 0.15) is 6.10 Å². The van der Waals surface area contributed by atoms with Crippen LogP contribution in [0.4, 0.5) is 5.69 Å². The average molecular weight is 396 g/mol. The molecule has 1 aliphatic heterocycles. The van der Waals surface area contributed by atoms with Gasteiger partial charge in [-0.1, -0.05) is 56.3 Å². The van der Waals surface area contributed by atoms with Crippen molar-refractivity contribution in [2.24, 2.45) is 5.92 Å². The van der Waals surface area contributed by atoms with Crippen LogP contribution in [0.3, 0.4) is 0 Å². The van der Waals surface area contributed by atoms with Crippen molar-refractivity contribution >= 4 is 17.5 Å². The third kappa shape index (κ3) is 6.41. The molecule has 0 aromatic heterocycles. The van der Waals surface area contributed by atoms with E-state index in [2.05, 4.69) is 27.7 Å². The van der Waals surface area contributed by atoms with Crippen LogP contribution in [0.2, 0.25) is 0 Å². The van der Waals surface area contributed by atoms with Gasteiger partial charge in [0.25, 0.3) is 5.91 Å². The van der Waals surface area contributed by atoms with Crippen LogP contribution < -0.4 is 10.6 Å². The fourth-order valence-electron chi connectivity index (χ4n) is 3.14. The quantitative estimate of drug-likeness (QED) is 0.756. The lowest BCUT2D eigenvalue weighted by molar-refractivity contribution is -0.139. The second-order valence-corrected chi connectivity index (χ2v) is 7.64. The molecule has 2 aromatic rings. The van der Waals surface area contributed by atoms with Gasteiger partial charge < -0.3 is 15.4 Å². The number of hydrogen-bond acceptors (Lipinski definition) is 4. The molecule has 1 aliphatic rings. The molecule has 6 nitrogen and oxygen atoms in total. The zero-order valence-electron chi connectivity index (χ0n) is 17.1. The maximum absolute atomic E-state index is 12.5. The number of nitrogens with one attached hydrogen (secondary N) is 2. The van der Waals surface area contributed by atoms with Gasteiger partial charge in [-0.15, -0.1) is 0 Å². The Balaban J connectivity index is 1.46. The van der Waals surface area contributed by atoms with Crippen molar-refractivity contribution in [3.05, 3.63) is 65.7 Å². The SMILES string of the molecule is CC(C)C(=O)Nc1ccc(CNC(=O)C2CN(Cc3ccccc3)CCO2)cc1. The van der Waals surface area contributed by atoms with Crippen molar-refractivity contribution in [1.29, 1.82) is 0 Å². The summed E-state index contributed by atoms with van der Waals surface area (Å²) in [5.74, 6) is -0.175. The van der Waals surface area contributed by atoms with E-state index in [4.69, 9.17) is 4.74 Å². The van der Waals surface area contributed by atoms with Crippen LogP contribution in [0.25, 0.3) is 0 Å². The van der Waals surface area contributed by atoms with Crippen LogP contribution in [0.5, 0.6) is 0 Å². The second kappa shape index (κ2) is 10.2.